The number of β-amino-alcohol motifs (C(OH)–C–C–N with tert-alkyl or cyclic N) is 1. The number of nitrogens with zero attached hydrogens (tertiary/aromatic N) is 3. The Bertz CT molecular complexity index is 1220. The summed E-state index contributed by atoms with van der Waals surface area (Å²) in [5.74, 6) is 6.19. The second kappa shape index (κ2) is 12.1. The Morgan fingerprint density at radius 1 is 1.34 bits per heavy atom. The molecule has 0 unspecified atom stereocenters. The summed E-state index contributed by atoms with van der Waals surface area (Å²) in [7, 11) is 1.72. The van der Waals surface area contributed by atoms with Crippen LogP contribution in [0, 0.1) is 17.7 Å². The summed E-state index contributed by atoms with van der Waals surface area (Å²) in [5.41, 5.74) is -0.782. The van der Waals surface area contributed by atoms with Crippen molar-refractivity contribution in [2.45, 2.75) is 64.2 Å². The minimum Gasteiger partial charge on any atom is -0.444 e. The first-order chi connectivity index (χ1) is 17.9. The number of aromatic nitrogens is 2. The second-order valence-electron chi connectivity index (χ2n) is 10.2. The van der Waals surface area contributed by atoms with Gasteiger partial charge in [0.15, 0.2) is 0 Å². The first-order valence-corrected chi connectivity index (χ1v) is 12.4. The molecule has 2 heterocycles. The number of amides is 2. The van der Waals surface area contributed by atoms with Gasteiger partial charge in [0.05, 0.1) is 24.4 Å². The lowest BCUT2D eigenvalue weighted by Crippen LogP contribution is -2.56. The summed E-state index contributed by atoms with van der Waals surface area (Å²) >= 11 is 0. The van der Waals surface area contributed by atoms with Crippen LogP contribution in [0.1, 0.15) is 52.5 Å². The van der Waals surface area contributed by atoms with Crippen LogP contribution in [0.25, 0.3) is 0 Å². The Balaban J connectivity index is 1.52. The Kier molecular flexibility index (Phi) is 9.12. The smallest absolute Gasteiger partial charge is 0.411 e. The van der Waals surface area contributed by atoms with Gasteiger partial charge in [0, 0.05) is 32.1 Å². The molecule has 1 aliphatic heterocycles. The molecule has 0 bridgehead atoms. The average Bonchev–Trinajstić information content (AvgIpc) is 3.16. The van der Waals surface area contributed by atoms with Crippen LogP contribution in [0.15, 0.2) is 30.5 Å². The van der Waals surface area contributed by atoms with E-state index in [1.807, 2.05) is 0 Å². The van der Waals surface area contributed by atoms with Gasteiger partial charge in [-0.1, -0.05) is 17.9 Å². The van der Waals surface area contributed by atoms with Crippen LogP contribution in [-0.4, -0.2) is 69.4 Å². The molecule has 10 nitrogen and oxygen atoms in total. The molecule has 0 spiro atoms. The summed E-state index contributed by atoms with van der Waals surface area (Å²) < 4.78 is 18.8. The van der Waals surface area contributed by atoms with Crippen molar-refractivity contribution < 1.29 is 23.8 Å². The topological polar surface area (TPSA) is 129 Å². The molecule has 0 aliphatic carbocycles. The molecule has 1 fully saturated rings. The number of aliphatic hydroxyl groups is 1. The molecule has 2 atom stereocenters. The number of carbonyl (C=O) groups is 2. The average molecular weight is 527 g/mol. The van der Waals surface area contributed by atoms with E-state index in [1.54, 1.807) is 53.1 Å². The molecule has 3 rings (SSSR count). The number of ether oxygens (including phenoxy) is 1. The van der Waals surface area contributed by atoms with Gasteiger partial charge in [0.2, 0.25) is 11.9 Å². The van der Waals surface area contributed by atoms with Crippen molar-refractivity contribution in [2.75, 3.05) is 30.8 Å². The molecule has 11 heteroatoms. The zero-order chi connectivity index (χ0) is 27.9. The Morgan fingerprint density at radius 3 is 2.79 bits per heavy atom. The molecule has 1 aliphatic rings. The van der Waals surface area contributed by atoms with Gasteiger partial charge in [-0.05, 0) is 52.3 Å². The van der Waals surface area contributed by atoms with Gasteiger partial charge < -0.3 is 25.8 Å². The number of carbonyl (C=O) groups excluding carboxylic acids is 2. The standard InChI is InChI=1S/C27H35FN6O4/c1-26(2,3)38-25(37)34-17-21(35)15-27(34,4)23(36)30-13-8-6-7-10-18-16-31-24(33-22(18)29-5)32-20-12-9-11-19(28)14-20/h9,11-12,14,16,21,35H,6,8,13,15,17H2,1-5H3,(H,30,36)(H2,29,31,32,33)/t21-,27-/m0/s1. The fourth-order valence-corrected chi connectivity index (χ4v) is 4.00. The van der Waals surface area contributed by atoms with Crippen LogP contribution in [0.4, 0.5) is 26.6 Å². The number of nitrogens with one attached hydrogen (secondary N) is 3. The van der Waals surface area contributed by atoms with Crippen LogP contribution in [-0.2, 0) is 9.53 Å². The largest absolute Gasteiger partial charge is 0.444 e. The first kappa shape index (κ1) is 28.7. The molecule has 204 valence electrons. The van der Waals surface area contributed by atoms with E-state index in [1.165, 1.54) is 17.0 Å². The molecule has 0 radical (unpaired) electrons. The molecule has 4 N–H and O–H groups in total. The van der Waals surface area contributed by atoms with Crippen molar-refractivity contribution in [3.63, 3.8) is 0 Å². The summed E-state index contributed by atoms with van der Waals surface area (Å²) in [6.07, 6.45) is 1.36. The Hall–Kier alpha value is -3.91. The monoisotopic (exact) mass is 526 g/mol. The summed E-state index contributed by atoms with van der Waals surface area (Å²) in [6.45, 7) is 7.28. The maximum Gasteiger partial charge on any atom is 0.411 e. The first-order valence-electron chi connectivity index (χ1n) is 12.4. The highest BCUT2D eigenvalue weighted by Crippen LogP contribution is 2.31. The molecule has 1 aromatic heterocycles. The van der Waals surface area contributed by atoms with Gasteiger partial charge >= 0.3 is 6.09 Å². The number of rotatable bonds is 7. The molecule has 2 aromatic rings. The van der Waals surface area contributed by atoms with E-state index in [0.29, 0.717) is 42.4 Å². The van der Waals surface area contributed by atoms with Crippen molar-refractivity contribution in [1.82, 2.24) is 20.2 Å². The zero-order valence-corrected chi connectivity index (χ0v) is 22.4. The number of likely N-dealkylation sites (tertiary alicyclic amines) is 1. The summed E-state index contributed by atoms with van der Waals surface area (Å²) in [6, 6.07) is 6.00. The molecule has 0 saturated carbocycles. The SMILES string of the molecule is CNc1nc(Nc2cccc(F)c2)ncc1C#CCCCNC(=O)[C@]1(C)C[C@H](O)CN1C(=O)OC(C)(C)C. The van der Waals surface area contributed by atoms with Crippen LogP contribution in [0.5, 0.6) is 0 Å². The van der Waals surface area contributed by atoms with Crippen LogP contribution < -0.4 is 16.0 Å². The van der Waals surface area contributed by atoms with Gasteiger partial charge in [-0.15, -0.1) is 0 Å². The predicted molar refractivity (Wildman–Crippen MR) is 142 cm³/mol. The highest BCUT2D eigenvalue weighted by atomic mass is 19.1. The van der Waals surface area contributed by atoms with Crippen molar-refractivity contribution in [2.24, 2.45) is 0 Å². The quantitative estimate of drug-likeness (QED) is 0.319. The molecular formula is C27H35FN6O4. The fourth-order valence-electron chi connectivity index (χ4n) is 4.00. The third-order valence-corrected chi connectivity index (χ3v) is 5.82. The van der Waals surface area contributed by atoms with E-state index < -0.39 is 23.3 Å². The minimum atomic E-state index is -1.20. The lowest BCUT2D eigenvalue weighted by Gasteiger charge is -2.34. The van der Waals surface area contributed by atoms with Crippen molar-refractivity contribution >= 4 is 29.5 Å². The number of hydrogen-bond donors (Lipinski definition) is 4. The Labute approximate surface area is 222 Å². The normalized spacial score (nSPS) is 18.8. The molecule has 2 amide bonds. The Morgan fingerprint density at radius 2 is 2.11 bits per heavy atom. The number of benzene rings is 1. The van der Waals surface area contributed by atoms with Crippen molar-refractivity contribution in [3.8, 4) is 11.8 Å². The summed E-state index contributed by atoms with van der Waals surface area (Å²) in [4.78, 5) is 35.5. The van der Waals surface area contributed by atoms with E-state index >= 15 is 0 Å². The van der Waals surface area contributed by atoms with Gasteiger partial charge in [-0.25, -0.2) is 14.2 Å². The van der Waals surface area contributed by atoms with Crippen LogP contribution in [0.3, 0.4) is 0 Å². The third-order valence-electron chi connectivity index (χ3n) is 5.82. The van der Waals surface area contributed by atoms with Gasteiger partial charge in [-0.3, -0.25) is 9.69 Å². The van der Waals surface area contributed by atoms with Crippen LogP contribution >= 0.6 is 0 Å². The number of unbranched alkanes of at least 4 members (excludes halogenated alkanes) is 1. The lowest BCUT2D eigenvalue weighted by molar-refractivity contribution is -0.131. The van der Waals surface area contributed by atoms with E-state index in [9.17, 15) is 19.1 Å². The number of anilines is 3. The number of halogens is 1. The van der Waals surface area contributed by atoms with Crippen molar-refractivity contribution in [3.05, 3.63) is 41.8 Å². The van der Waals surface area contributed by atoms with E-state index in [0.717, 1.165) is 0 Å². The van der Waals surface area contributed by atoms with Crippen LogP contribution in [0.2, 0.25) is 0 Å². The highest BCUT2D eigenvalue weighted by molar-refractivity contribution is 5.90. The third kappa shape index (κ3) is 7.55. The number of aliphatic hydroxyl groups excluding tert-OH is 1. The van der Waals surface area contributed by atoms with Gasteiger partial charge in [-0.2, -0.15) is 4.98 Å². The van der Waals surface area contributed by atoms with E-state index in [2.05, 4.69) is 37.8 Å². The van der Waals surface area contributed by atoms with Crippen molar-refractivity contribution in [1.29, 1.82) is 0 Å². The predicted octanol–water partition coefficient (Wildman–Crippen LogP) is 3.41. The molecular weight excluding hydrogens is 491 g/mol. The lowest BCUT2D eigenvalue weighted by atomic mass is 9.97. The zero-order valence-electron chi connectivity index (χ0n) is 22.4. The maximum absolute atomic E-state index is 13.4. The number of hydrogen-bond acceptors (Lipinski definition) is 8. The maximum atomic E-state index is 13.4. The van der Waals surface area contributed by atoms with Gasteiger partial charge in [0.1, 0.15) is 22.8 Å². The van der Waals surface area contributed by atoms with E-state index in [-0.39, 0.29) is 24.7 Å². The fraction of sp³-hybridized carbons (Fsp3) is 0.481. The summed E-state index contributed by atoms with van der Waals surface area (Å²) in [5, 5.41) is 18.9. The second-order valence-corrected chi connectivity index (χ2v) is 10.2. The molecule has 38 heavy (non-hydrogen) atoms. The van der Waals surface area contributed by atoms with Gasteiger partial charge in [0.25, 0.3) is 0 Å². The molecule has 1 aromatic carbocycles. The minimum absolute atomic E-state index is 0.0384. The highest BCUT2D eigenvalue weighted by Gasteiger charge is 2.50. The van der Waals surface area contributed by atoms with E-state index in [4.69, 9.17) is 4.74 Å². The molecule has 1 saturated heterocycles.